The highest BCUT2D eigenvalue weighted by Crippen LogP contribution is 2.29. The normalized spacial score (nSPS) is 26.0. The molecule has 0 aromatic heterocycles. The summed E-state index contributed by atoms with van der Waals surface area (Å²) in [7, 11) is 0. The molecule has 0 unspecified atom stereocenters. The largest absolute Gasteiger partial charge is 0.360 e. The molecule has 1 aliphatic carbocycles. The fourth-order valence-electron chi connectivity index (χ4n) is 1.68. The maximum atomic E-state index is 5.40. The minimum atomic E-state index is 0.355. The van der Waals surface area contributed by atoms with Crippen LogP contribution in [0.15, 0.2) is 0 Å². The van der Waals surface area contributed by atoms with Crippen LogP contribution in [0.5, 0.6) is 0 Å². The van der Waals surface area contributed by atoms with Crippen molar-refractivity contribution in [1.82, 2.24) is 10.2 Å². The summed E-state index contributed by atoms with van der Waals surface area (Å²) in [6.45, 7) is 6.77. The Labute approximate surface area is 95.8 Å². The predicted octanol–water partition coefficient (Wildman–Crippen LogP) is 1.85. The molecule has 0 amide bonds. The standard InChI is InChI=1S/C10H18N2S2/c1-10(2)7-12(5-6-14-10)9(13)11-8-3-4-8/h8H,3-7H2,1-2H3,(H,11,13). The van der Waals surface area contributed by atoms with Gasteiger partial charge in [0.1, 0.15) is 0 Å². The van der Waals surface area contributed by atoms with E-state index in [4.69, 9.17) is 12.2 Å². The highest BCUT2D eigenvalue weighted by Gasteiger charge is 2.30. The van der Waals surface area contributed by atoms with E-state index < -0.39 is 0 Å². The zero-order chi connectivity index (χ0) is 10.2. The molecule has 0 aromatic carbocycles. The molecular weight excluding hydrogens is 212 g/mol. The van der Waals surface area contributed by atoms with E-state index in [1.807, 2.05) is 11.8 Å². The van der Waals surface area contributed by atoms with Crippen LogP contribution in [0.25, 0.3) is 0 Å². The van der Waals surface area contributed by atoms with Gasteiger partial charge in [0.2, 0.25) is 0 Å². The highest BCUT2D eigenvalue weighted by molar-refractivity contribution is 8.00. The first kappa shape index (κ1) is 10.6. The van der Waals surface area contributed by atoms with Gasteiger partial charge >= 0.3 is 0 Å². The Morgan fingerprint density at radius 2 is 2.21 bits per heavy atom. The van der Waals surface area contributed by atoms with Crippen molar-refractivity contribution >= 4 is 29.1 Å². The Kier molecular flexibility index (Phi) is 2.93. The molecule has 80 valence electrons. The zero-order valence-corrected chi connectivity index (χ0v) is 10.5. The van der Waals surface area contributed by atoms with Gasteiger partial charge in [-0.2, -0.15) is 11.8 Å². The maximum Gasteiger partial charge on any atom is 0.169 e. The van der Waals surface area contributed by atoms with E-state index >= 15 is 0 Å². The summed E-state index contributed by atoms with van der Waals surface area (Å²) in [5.74, 6) is 1.19. The van der Waals surface area contributed by atoms with Crippen LogP contribution in [-0.4, -0.2) is 39.6 Å². The molecule has 1 N–H and O–H groups in total. The lowest BCUT2D eigenvalue weighted by molar-refractivity contribution is 0.383. The van der Waals surface area contributed by atoms with Crippen molar-refractivity contribution in [3.63, 3.8) is 0 Å². The number of thiocarbonyl (C=S) groups is 1. The van der Waals surface area contributed by atoms with Gasteiger partial charge in [-0.3, -0.25) is 0 Å². The average Bonchev–Trinajstić information content (AvgIpc) is 2.86. The Hall–Kier alpha value is 0.0400. The van der Waals surface area contributed by atoms with Gasteiger partial charge in [-0.1, -0.05) is 0 Å². The van der Waals surface area contributed by atoms with Gasteiger partial charge in [0, 0.05) is 29.6 Å². The molecule has 4 heteroatoms. The second-order valence-electron chi connectivity index (χ2n) is 4.75. The Bertz CT molecular complexity index is 236. The molecule has 1 saturated carbocycles. The van der Waals surface area contributed by atoms with Crippen LogP contribution in [0.3, 0.4) is 0 Å². The first-order valence-electron chi connectivity index (χ1n) is 5.26. The fraction of sp³-hybridized carbons (Fsp3) is 0.900. The lowest BCUT2D eigenvalue weighted by Gasteiger charge is -2.39. The van der Waals surface area contributed by atoms with Gasteiger partial charge in [-0.15, -0.1) is 0 Å². The summed E-state index contributed by atoms with van der Waals surface area (Å²) >= 11 is 7.45. The quantitative estimate of drug-likeness (QED) is 0.691. The number of nitrogens with zero attached hydrogens (tertiary/aromatic N) is 1. The predicted molar refractivity (Wildman–Crippen MR) is 66.9 cm³/mol. The Morgan fingerprint density at radius 1 is 1.50 bits per heavy atom. The molecule has 0 aromatic rings. The molecule has 14 heavy (non-hydrogen) atoms. The molecule has 2 aliphatic rings. The SMILES string of the molecule is CC1(C)CN(C(=S)NC2CC2)CCS1. The molecule has 2 rings (SSSR count). The van der Waals surface area contributed by atoms with E-state index in [0.717, 1.165) is 18.2 Å². The lowest BCUT2D eigenvalue weighted by atomic mass is 10.2. The van der Waals surface area contributed by atoms with Crippen molar-refractivity contribution in [3.8, 4) is 0 Å². The van der Waals surface area contributed by atoms with E-state index in [1.54, 1.807) is 0 Å². The van der Waals surface area contributed by atoms with Crippen molar-refractivity contribution in [2.45, 2.75) is 37.5 Å². The van der Waals surface area contributed by atoms with Crippen molar-refractivity contribution in [2.75, 3.05) is 18.8 Å². The molecule has 1 heterocycles. The molecule has 1 aliphatic heterocycles. The zero-order valence-electron chi connectivity index (χ0n) is 8.88. The molecule has 2 fully saturated rings. The second-order valence-corrected chi connectivity index (χ2v) is 6.94. The van der Waals surface area contributed by atoms with Gasteiger partial charge in [-0.25, -0.2) is 0 Å². The molecule has 1 saturated heterocycles. The molecule has 0 radical (unpaired) electrons. The average molecular weight is 230 g/mol. The minimum Gasteiger partial charge on any atom is -0.360 e. The van der Waals surface area contributed by atoms with Gasteiger partial charge in [0.15, 0.2) is 5.11 Å². The molecule has 0 bridgehead atoms. The van der Waals surface area contributed by atoms with E-state index in [0.29, 0.717) is 10.8 Å². The first-order chi connectivity index (χ1) is 6.57. The van der Waals surface area contributed by atoms with Crippen LogP contribution >= 0.6 is 24.0 Å². The number of rotatable bonds is 1. The van der Waals surface area contributed by atoms with Crippen molar-refractivity contribution < 1.29 is 0 Å². The third kappa shape index (κ3) is 2.76. The van der Waals surface area contributed by atoms with Crippen LogP contribution < -0.4 is 5.32 Å². The molecule has 0 spiro atoms. The van der Waals surface area contributed by atoms with Gasteiger partial charge in [0.25, 0.3) is 0 Å². The Morgan fingerprint density at radius 3 is 2.79 bits per heavy atom. The monoisotopic (exact) mass is 230 g/mol. The molecule has 2 nitrogen and oxygen atoms in total. The third-order valence-corrected chi connectivity index (χ3v) is 4.29. The summed E-state index contributed by atoms with van der Waals surface area (Å²) in [5.41, 5.74) is 0. The van der Waals surface area contributed by atoms with Crippen LogP contribution in [0.1, 0.15) is 26.7 Å². The minimum absolute atomic E-state index is 0.355. The second kappa shape index (κ2) is 3.89. The topological polar surface area (TPSA) is 15.3 Å². The van der Waals surface area contributed by atoms with E-state index in [-0.39, 0.29) is 0 Å². The van der Waals surface area contributed by atoms with Crippen molar-refractivity contribution in [2.24, 2.45) is 0 Å². The van der Waals surface area contributed by atoms with E-state index in [1.165, 1.54) is 18.6 Å². The van der Waals surface area contributed by atoms with Crippen LogP contribution in [0.2, 0.25) is 0 Å². The summed E-state index contributed by atoms with van der Waals surface area (Å²) in [6, 6.07) is 0.681. The summed E-state index contributed by atoms with van der Waals surface area (Å²) in [6.07, 6.45) is 2.60. The smallest absolute Gasteiger partial charge is 0.169 e. The number of thioether (sulfide) groups is 1. The van der Waals surface area contributed by atoms with Gasteiger partial charge < -0.3 is 10.2 Å². The first-order valence-corrected chi connectivity index (χ1v) is 6.66. The summed E-state index contributed by atoms with van der Waals surface area (Å²) in [5, 5.41) is 4.38. The maximum absolute atomic E-state index is 5.40. The summed E-state index contributed by atoms with van der Waals surface area (Å²) < 4.78 is 0.355. The molecule has 0 atom stereocenters. The van der Waals surface area contributed by atoms with Crippen molar-refractivity contribution in [3.05, 3.63) is 0 Å². The number of hydrogen-bond donors (Lipinski definition) is 1. The van der Waals surface area contributed by atoms with Gasteiger partial charge in [-0.05, 0) is 38.9 Å². The highest BCUT2D eigenvalue weighted by atomic mass is 32.2. The molecular formula is C10H18N2S2. The van der Waals surface area contributed by atoms with E-state index in [9.17, 15) is 0 Å². The Balaban J connectivity index is 1.86. The van der Waals surface area contributed by atoms with Gasteiger partial charge in [0.05, 0.1) is 0 Å². The lowest BCUT2D eigenvalue weighted by Crippen LogP contribution is -2.50. The van der Waals surface area contributed by atoms with Crippen LogP contribution in [-0.2, 0) is 0 Å². The van der Waals surface area contributed by atoms with Crippen LogP contribution in [0.4, 0.5) is 0 Å². The number of nitrogens with one attached hydrogen (secondary N) is 1. The van der Waals surface area contributed by atoms with Crippen LogP contribution in [0, 0.1) is 0 Å². The summed E-state index contributed by atoms with van der Waals surface area (Å²) in [4.78, 5) is 2.32. The van der Waals surface area contributed by atoms with E-state index in [2.05, 4.69) is 24.1 Å². The number of hydrogen-bond acceptors (Lipinski definition) is 2. The van der Waals surface area contributed by atoms with Crippen molar-refractivity contribution in [1.29, 1.82) is 0 Å². The fourth-order valence-corrected chi connectivity index (χ4v) is 3.12. The third-order valence-electron chi connectivity index (χ3n) is 2.62.